The van der Waals surface area contributed by atoms with E-state index in [1.54, 1.807) is 0 Å². The molecule has 4 heteroatoms. The topological polar surface area (TPSA) is 43.8 Å². The van der Waals surface area contributed by atoms with Gasteiger partial charge < -0.3 is 5.11 Å². The van der Waals surface area contributed by atoms with E-state index in [0.717, 1.165) is 18.7 Å². The van der Waals surface area contributed by atoms with Crippen molar-refractivity contribution in [1.29, 1.82) is 0 Å². The lowest BCUT2D eigenvalue weighted by Crippen LogP contribution is -2.60. The van der Waals surface area contributed by atoms with E-state index >= 15 is 0 Å². The van der Waals surface area contributed by atoms with Crippen LogP contribution in [0, 0.1) is 0 Å². The van der Waals surface area contributed by atoms with E-state index in [-0.39, 0.29) is 6.04 Å². The number of carboxylic acid groups (broad SMARTS) is 1. The van der Waals surface area contributed by atoms with Crippen molar-refractivity contribution in [1.82, 2.24) is 9.80 Å². The highest BCUT2D eigenvalue weighted by Gasteiger charge is 2.39. The second-order valence-electron chi connectivity index (χ2n) is 6.34. The molecule has 3 atom stereocenters. The van der Waals surface area contributed by atoms with Crippen LogP contribution in [0.2, 0.25) is 0 Å². The number of nitrogens with zero attached hydrogens (tertiary/aromatic N) is 2. The zero-order chi connectivity index (χ0) is 14.8. The predicted octanol–water partition coefficient (Wildman–Crippen LogP) is 2.37. The number of piperidine rings is 1. The van der Waals surface area contributed by atoms with Gasteiger partial charge in [0.2, 0.25) is 0 Å². The lowest BCUT2D eigenvalue weighted by molar-refractivity contribution is -0.147. The average Bonchev–Trinajstić information content (AvgIpc) is 2.49. The van der Waals surface area contributed by atoms with Gasteiger partial charge in [0.25, 0.3) is 0 Å². The van der Waals surface area contributed by atoms with Gasteiger partial charge in [0, 0.05) is 25.2 Å². The standard InChI is InChI=1S/C17H24N2O2/c1-13-11-18-10-6-5-9-15(18)12-19(13)16(17(20)21)14-7-3-2-4-8-14/h2-4,7-8,13,15-16H,5-6,9-12H2,1H3,(H,20,21). The Morgan fingerprint density at radius 2 is 2.00 bits per heavy atom. The van der Waals surface area contributed by atoms with Crippen molar-refractivity contribution in [2.24, 2.45) is 0 Å². The summed E-state index contributed by atoms with van der Waals surface area (Å²) in [5.74, 6) is -0.739. The van der Waals surface area contributed by atoms with Crippen molar-refractivity contribution in [2.45, 2.75) is 44.3 Å². The minimum absolute atomic E-state index is 0.278. The summed E-state index contributed by atoms with van der Waals surface area (Å²) in [7, 11) is 0. The molecule has 1 aromatic carbocycles. The Morgan fingerprint density at radius 1 is 1.24 bits per heavy atom. The molecule has 3 rings (SSSR count). The van der Waals surface area contributed by atoms with E-state index in [4.69, 9.17) is 0 Å². The van der Waals surface area contributed by atoms with Crippen LogP contribution in [0.1, 0.15) is 37.8 Å². The van der Waals surface area contributed by atoms with E-state index in [1.807, 2.05) is 30.3 Å². The van der Waals surface area contributed by atoms with Crippen molar-refractivity contribution in [3.8, 4) is 0 Å². The zero-order valence-electron chi connectivity index (χ0n) is 12.6. The van der Waals surface area contributed by atoms with Crippen LogP contribution >= 0.6 is 0 Å². The molecule has 21 heavy (non-hydrogen) atoms. The van der Waals surface area contributed by atoms with Gasteiger partial charge in [-0.05, 0) is 31.9 Å². The first-order chi connectivity index (χ1) is 10.2. The van der Waals surface area contributed by atoms with Crippen LogP contribution in [-0.2, 0) is 4.79 Å². The summed E-state index contributed by atoms with van der Waals surface area (Å²) in [6.45, 7) is 5.18. The minimum atomic E-state index is -0.739. The number of carbonyl (C=O) groups is 1. The fraction of sp³-hybridized carbons (Fsp3) is 0.588. The molecule has 0 saturated carbocycles. The molecule has 2 fully saturated rings. The van der Waals surface area contributed by atoms with Crippen molar-refractivity contribution in [3.05, 3.63) is 35.9 Å². The summed E-state index contributed by atoms with van der Waals surface area (Å²) in [6.07, 6.45) is 3.75. The zero-order valence-corrected chi connectivity index (χ0v) is 12.6. The normalized spacial score (nSPS) is 28.8. The SMILES string of the molecule is CC1CN2CCCCC2CN1C(C(=O)O)c1ccccc1. The molecule has 0 bridgehead atoms. The molecule has 3 unspecified atom stereocenters. The third-order valence-corrected chi connectivity index (χ3v) is 4.92. The summed E-state index contributed by atoms with van der Waals surface area (Å²) in [5.41, 5.74) is 0.890. The van der Waals surface area contributed by atoms with Gasteiger partial charge in [-0.15, -0.1) is 0 Å². The average molecular weight is 288 g/mol. The van der Waals surface area contributed by atoms with Crippen molar-refractivity contribution < 1.29 is 9.90 Å². The lowest BCUT2D eigenvalue weighted by Gasteiger charge is -2.49. The maximum Gasteiger partial charge on any atom is 0.325 e. The van der Waals surface area contributed by atoms with Gasteiger partial charge in [-0.2, -0.15) is 0 Å². The molecule has 2 heterocycles. The van der Waals surface area contributed by atoms with Crippen molar-refractivity contribution in [2.75, 3.05) is 19.6 Å². The Morgan fingerprint density at radius 3 is 2.71 bits per heavy atom. The highest BCUT2D eigenvalue weighted by atomic mass is 16.4. The van der Waals surface area contributed by atoms with Gasteiger partial charge in [-0.3, -0.25) is 14.6 Å². The molecule has 1 N–H and O–H groups in total. The summed E-state index contributed by atoms with van der Waals surface area (Å²) in [6, 6.07) is 9.92. The Balaban J connectivity index is 1.84. The number of carboxylic acids is 1. The summed E-state index contributed by atoms with van der Waals surface area (Å²) in [5, 5.41) is 9.74. The van der Waals surface area contributed by atoms with E-state index in [1.165, 1.54) is 25.8 Å². The van der Waals surface area contributed by atoms with E-state index < -0.39 is 12.0 Å². The quantitative estimate of drug-likeness (QED) is 0.927. The Bertz CT molecular complexity index is 491. The monoisotopic (exact) mass is 288 g/mol. The molecule has 114 valence electrons. The first kappa shape index (κ1) is 14.5. The first-order valence-corrected chi connectivity index (χ1v) is 7.94. The maximum absolute atomic E-state index is 11.8. The van der Waals surface area contributed by atoms with Crippen LogP contribution in [0.25, 0.3) is 0 Å². The van der Waals surface area contributed by atoms with Crippen LogP contribution in [0.5, 0.6) is 0 Å². The number of hydrogen-bond acceptors (Lipinski definition) is 3. The van der Waals surface area contributed by atoms with Gasteiger partial charge in [0.1, 0.15) is 6.04 Å². The molecule has 2 aliphatic heterocycles. The molecule has 0 radical (unpaired) electrons. The largest absolute Gasteiger partial charge is 0.480 e. The lowest BCUT2D eigenvalue weighted by atomic mass is 9.94. The molecule has 0 spiro atoms. The van der Waals surface area contributed by atoms with Gasteiger partial charge in [-0.1, -0.05) is 36.8 Å². The Kier molecular flexibility index (Phi) is 4.27. The second kappa shape index (κ2) is 6.16. The third kappa shape index (κ3) is 2.97. The molecule has 4 nitrogen and oxygen atoms in total. The highest BCUT2D eigenvalue weighted by molar-refractivity contribution is 5.75. The number of aliphatic carboxylic acids is 1. The second-order valence-corrected chi connectivity index (χ2v) is 6.34. The molecular weight excluding hydrogens is 264 g/mol. The summed E-state index contributed by atoms with van der Waals surface area (Å²) < 4.78 is 0. The number of rotatable bonds is 3. The minimum Gasteiger partial charge on any atom is -0.480 e. The number of benzene rings is 1. The van der Waals surface area contributed by atoms with E-state index in [9.17, 15) is 9.90 Å². The van der Waals surface area contributed by atoms with Crippen LogP contribution in [0.4, 0.5) is 0 Å². The van der Waals surface area contributed by atoms with Crippen LogP contribution in [0.3, 0.4) is 0 Å². The van der Waals surface area contributed by atoms with E-state index in [0.29, 0.717) is 6.04 Å². The molecule has 1 aromatic rings. The Labute approximate surface area is 126 Å². The van der Waals surface area contributed by atoms with Gasteiger partial charge in [0.05, 0.1) is 0 Å². The van der Waals surface area contributed by atoms with Crippen LogP contribution < -0.4 is 0 Å². The van der Waals surface area contributed by atoms with Gasteiger partial charge in [-0.25, -0.2) is 0 Å². The number of fused-ring (bicyclic) bond motifs is 1. The van der Waals surface area contributed by atoms with Crippen LogP contribution in [0.15, 0.2) is 30.3 Å². The molecule has 2 saturated heterocycles. The van der Waals surface area contributed by atoms with Gasteiger partial charge >= 0.3 is 5.97 Å². The van der Waals surface area contributed by atoms with Gasteiger partial charge in [0.15, 0.2) is 0 Å². The number of hydrogen-bond donors (Lipinski definition) is 1. The van der Waals surface area contributed by atoms with E-state index in [2.05, 4.69) is 16.7 Å². The Hall–Kier alpha value is -1.39. The fourth-order valence-electron chi connectivity index (χ4n) is 3.85. The molecule has 0 aromatic heterocycles. The molecule has 0 amide bonds. The predicted molar refractivity (Wildman–Crippen MR) is 82.2 cm³/mol. The summed E-state index contributed by atoms with van der Waals surface area (Å²) in [4.78, 5) is 16.6. The summed E-state index contributed by atoms with van der Waals surface area (Å²) >= 11 is 0. The molecule has 0 aliphatic carbocycles. The maximum atomic E-state index is 11.8. The molecular formula is C17H24N2O2. The smallest absolute Gasteiger partial charge is 0.325 e. The third-order valence-electron chi connectivity index (χ3n) is 4.92. The molecule has 2 aliphatic rings. The highest BCUT2D eigenvalue weighted by Crippen LogP contribution is 2.31. The number of piperazine rings is 1. The fourth-order valence-corrected chi connectivity index (χ4v) is 3.85. The van der Waals surface area contributed by atoms with Crippen molar-refractivity contribution >= 4 is 5.97 Å². The van der Waals surface area contributed by atoms with Crippen molar-refractivity contribution in [3.63, 3.8) is 0 Å². The van der Waals surface area contributed by atoms with Crippen LogP contribution in [-0.4, -0.2) is 52.6 Å². The first-order valence-electron chi connectivity index (χ1n) is 7.94.